The molecule has 0 aliphatic heterocycles. The first-order valence-electron chi connectivity index (χ1n) is 6.52. The predicted molar refractivity (Wildman–Crippen MR) is 79.3 cm³/mol. The topological polar surface area (TPSA) is 50.7 Å². The smallest absolute Gasteiger partial charge is 0.119 e. The van der Waals surface area contributed by atoms with E-state index in [9.17, 15) is 0 Å². The zero-order valence-electron chi connectivity index (χ0n) is 11.5. The highest BCUT2D eigenvalue weighted by Gasteiger charge is 1.97. The highest BCUT2D eigenvalue weighted by molar-refractivity contribution is 5.45. The molecule has 2 aromatic rings. The fourth-order valence-electron chi connectivity index (χ4n) is 1.82. The lowest BCUT2D eigenvalue weighted by molar-refractivity contribution is 0.282. The lowest BCUT2D eigenvalue weighted by atomic mass is 10.2. The lowest BCUT2D eigenvalue weighted by Crippen LogP contribution is -2.11. The van der Waals surface area contributed by atoms with Crippen molar-refractivity contribution in [2.24, 2.45) is 0 Å². The molecule has 0 bridgehead atoms. The van der Waals surface area contributed by atoms with Crippen LogP contribution in [0, 0.1) is 0 Å². The van der Waals surface area contributed by atoms with Crippen LogP contribution in [0.3, 0.4) is 0 Å². The number of benzene rings is 2. The molecular weight excluding hydrogens is 254 g/mol. The number of aliphatic hydroxyl groups excluding tert-OH is 1. The fraction of sp³-hybridized carbons (Fsp3) is 0.250. The number of nitrogens with one attached hydrogen (secondary N) is 1. The van der Waals surface area contributed by atoms with Gasteiger partial charge in [-0.05, 0) is 42.0 Å². The third-order valence-electron chi connectivity index (χ3n) is 2.87. The van der Waals surface area contributed by atoms with E-state index in [4.69, 9.17) is 14.6 Å². The van der Waals surface area contributed by atoms with Crippen LogP contribution in [0.5, 0.6) is 11.5 Å². The molecule has 0 aliphatic carbocycles. The van der Waals surface area contributed by atoms with Gasteiger partial charge in [0.05, 0.1) is 13.7 Å². The molecule has 0 unspecified atom stereocenters. The Hall–Kier alpha value is -2.20. The van der Waals surface area contributed by atoms with Gasteiger partial charge in [0, 0.05) is 12.2 Å². The van der Waals surface area contributed by atoms with E-state index in [2.05, 4.69) is 5.32 Å². The van der Waals surface area contributed by atoms with Crippen LogP contribution in [0.2, 0.25) is 0 Å². The van der Waals surface area contributed by atoms with Gasteiger partial charge in [0.2, 0.25) is 0 Å². The Balaban J connectivity index is 1.75. The van der Waals surface area contributed by atoms with Crippen LogP contribution in [-0.4, -0.2) is 25.4 Å². The Bertz CT molecular complexity index is 526. The lowest BCUT2D eigenvalue weighted by Gasteiger charge is -2.09. The third kappa shape index (κ3) is 4.17. The van der Waals surface area contributed by atoms with E-state index >= 15 is 0 Å². The number of ether oxygens (including phenoxy) is 2. The quantitative estimate of drug-likeness (QED) is 0.762. The van der Waals surface area contributed by atoms with Gasteiger partial charge in [0.25, 0.3) is 0 Å². The highest BCUT2D eigenvalue weighted by Crippen LogP contribution is 2.17. The van der Waals surface area contributed by atoms with Crippen LogP contribution >= 0.6 is 0 Å². The standard InChI is InChI=1S/C16H19NO3/c1-19-15-5-7-16(8-6-15)20-10-9-17-14-4-2-3-13(11-14)12-18/h2-8,11,17-18H,9-10,12H2,1H3. The zero-order valence-corrected chi connectivity index (χ0v) is 11.5. The van der Waals surface area contributed by atoms with Gasteiger partial charge in [0.15, 0.2) is 0 Å². The number of aliphatic hydroxyl groups is 1. The molecule has 0 amide bonds. The van der Waals surface area contributed by atoms with Crippen molar-refractivity contribution in [3.8, 4) is 11.5 Å². The van der Waals surface area contributed by atoms with E-state index in [1.54, 1.807) is 7.11 Å². The molecular formula is C16H19NO3. The molecule has 20 heavy (non-hydrogen) atoms. The van der Waals surface area contributed by atoms with Crippen LogP contribution < -0.4 is 14.8 Å². The van der Waals surface area contributed by atoms with Crippen molar-refractivity contribution in [2.45, 2.75) is 6.61 Å². The Labute approximate surface area is 119 Å². The maximum absolute atomic E-state index is 9.06. The molecule has 0 fully saturated rings. The van der Waals surface area contributed by atoms with Gasteiger partial charge in [-0.25, -0.2) is 0 Å². The molecule has 0 aromatic heterocycles. The fourth-order valence-corrected chi connectivity index (χ4v) is 1.82. The molecule has 4 heteroatoms. The molecule has 0 saturated heterocycles. The molecule has 0 heterocycles. The first-order valence-corrected chi connectivity index (χ1v) is 6.52. The Morgan fingerprint density at radius 1 is 1.05 bits per heavy atom. The first-order chi connectivity index (χ1) is 9.81. The minimum atomic E-state index is 0.0534. The summed E-state index contributed by atoms with van der Waals surface area (Å²) >= 11 is 0. The minimum Gasteiger partial charge on any atom is -0.497 e. The number of hydrogen-bond donors (Lipinski definition) is 2. The Morgan fingerprint density at radius 3 is 2.50 bits per heavy atom. The summed E-state index contributed by atoms with van der Waals surface area (Å²) in [5.41, 5.74) is 1.88. The monoisotopic (exact) mass is 273 g/mol. The second-order valence-corrected chi connectivity index (χ2v) is 4.31. The molecule has 0 atom stereocenters. The van der Waals surface area contributed by atoms with E-state index in [1.807, 2.05) is 48.5 Å². The van der Waals surface area contributed by atoms with Gasteiger partial charge in [0.1, 0.15) is 18.1 Å². The molecule has 0 saturated carbocycles. The van der Waals surface area contributed by atoms with Gasteiger partial charge in [-0.1, -0.05) is 12.1 Å². The van der Waals surface area contributed by atoms with E-state index in [0.717, 1.165) is 22.7 Å². The zero-order chi connectivity index (χ0) is 14.2. The van der Waals surface area contributed by atoms with Gasteiger partial charge in [-0.15, -0.1) is 0 Å². The van der Waals surface area contributed by atoms with Gasteiger partial charge < -0.3 is 19.9 Å². The number of hydrogen-bond acceptors (Lipinski definition) is 4. The average molecular weight is 273 g/mol. The number of rotatable bonds is 7. The highest BCUT2D eigenvalue weighted by atomic mass is 16.5. The van der Waals surface area contributed by atoms with Crippen molar-refractivity contribution in [1.29, 1.82) is 0 Å². The van der Waals surface area contributed by atoms with E-state index < -0.39 is 0 Å². The largest absolute Gasteiger partial charge is 0.497 e. The molecule has 4 nitrogen and oxygen atoms in total. The molecule has 2 rings (SSSR count). The van der Waals surface area contributed by atoms with Crippen molar-refractivity contribution in [1.82, 2.24) is 0 Å². The minimum absolute atomic E-state index is 0.0534. The number of methoxy groups -OCH3 is 1. The average Bonchev–Trinajstić information content (AvgIpc) is 2.52. The van der Waals surface area contributed by atoms with Crippen LogP contribution in [0.15, 0.2) is 48.5 Å². The molecule has 0 radical (unpaired) electrons. The predicted octanol–water partition coefficient (Wildman–Crippen LogP) is 2.68. The first kappa shape index (κ1) is 14.2. The summed E-state index contributed by atoms with van der Waals surface area (Å²) in [6.07, 6.45) is 0. The summed E-state index contributed by atoms with van der Waals surface area (Å²) in [6, 6.07) is 15.2. The Morgan fingerprint density at radius 2 is 1.80 bits per heavy atom. The van der Waals surface area contributed by atoms with Gasteiger partial charge in [-0.2, -0.15) is 0 Å². The third-order valence-corrected chi connectivity index (χ3v) is 2.87. The molecule has 2 aromatic carbocycles. The summed E-state index contributed by atoms with van der Waals surface area (Å²) < 4.78 is 10.7. The maximum atomic E-state index is 9.06. The molecule has 106 valence electrons. The van der Waals surface area contributed by atoms with Crippen molar-refractivity contribution >= 4 is 5.69 Å². The van der Waals surface area contributed by atoms with Crippen molar-refractivity contribution in [3.05, 3.63) is 54.1 Å². The van der Waals surface area contributed by atoms with Crippen LogP contribution in [0.1, 0.15) is 5.56 Å². The summed E-state index contributed by atoms with van der Waals surface area (Å²) in [6.45, 7) is 1.31. The summed E-state index contributed by atoms with van der Waals surface area (Å²) in [4.78, 5) is 0. The van der Waals surface area contributed by atoms with Crippen molar-refractivity contribution in [2.75, 3.05) is 25.6 Å². The maximum Gasteiger partial charge on any atom is 0.119 e. The van der Waals surface area contributed by atoms with E-state index in [1.165, 1.54) is 0 Å². The van der Waals surface area contributed by atoms with Crippen molar-refractivity contribution < 1.29 is 14.6 Å². The van der Waals surface area contributed by atoms with Gasteiger partial charge in [-0.3, -0.25) is 0 Å². The molecule has 0 aliphatic rings. The Kier molecular flexibility index (Phi) is 5.26. The summed E-state index contributed by atoms with van der Waals surface area (Å²) in [5.74, 6) is 1.63. The van der Waals surface area contributed by atoms with Crippen LogP contribution in [0.4, 0.5) is 5.69 Å². The van der Waals surface area contributed by atoms with Crippen molar-refractivity contribution in [3.63, 3.8) is 0 Å². The SMILES string of the molecule is COc1ccc(OCCNc2cccc(CO)c2)cc1. The van der Waals surface area contributed by atoms with E-state index in [-0.39, 0.29) is 6.61 Å². The van der Waals surface area contributed by atoms with Gasteiger partial charge >= 0.3 is 0 Å². The number of anilines is 1. The summed E-state index contributed by atoms with van der Waals surface area (Å²) in [7, 11) is 1.64. The second-order valence-electron chi connectivity index (χ2n) is 4.31. The molecule has 2 N–H and O–H groups in total. The van der Waals surface area contributed by atoms with Crippen LogP contribution in [-0.2, 0) is 6.61 Å². The normalized spacial score (nSPS) is 10.1. The van der Waals surface area contributed by atoms with E-state index in [0.29, 0.717) is 13.2 Å². The summed E-state index contributed by atoms with van der Waals surface area (Å²) in [5, 5.41) is 12.3. The second kappa shape index (κ2) is 7.40. The molecule has 0 spiro atoms. The van der Waals surface area contributed by atoms with Crippen LogP contribution in [0.25, 0.3) is 0 Å².